The average molecular weight is 588 g/mol. The van der Waals surface area contributed by atoms with Gasteiger partial charge in [-0.2, -0.15) is 28.1 Å². The summed E-state index contributed by atoms with van der Waals surface area (Å²) < 4.78 is 78.8. The Morgan fingerprint density at radius 2 is 1.76 bits per heavy atom. The van der Waals surface area contributed by atoms with Crippen molar-refractivity contribution < 1.29 is 55.4 Å². The van der Waals surface area contributed by atoms with E-state index in [0.29, 0.717) is 0 Å². The Hall–Kier alpha value is -3.38. The lowest BCUT2D eigenvalue weighted by Gasteiger charge is -2.13. The number of hydrogen-bond acceptors (Lipinski definition) is 10. The molecule has 1 aromatic heterocycles. The molecule has 38 heavy (non-hydrogen) atoms. The fourth-order valence-corrected chi connectivity index (χ4v) is 4.05. The van der Waals surface area contributed by atoms with Crippen LogP contribution in [0.25, 0.3) is 0 Å². The molecule has 2 amide bonds. The standard InChI is InChI=1S/C15H16F3N5O4S.C3H8NO5P/c1-9-19-12(22-14(20-9)27-2)21-13(24)23-28(25,26)11-6-4-3-5-10(11)7-8-15(16,17)18;5-3(6)1-4-2-10(7,8)9/h3-6H,7-8H2,1-2H3,(H2,19,20,21,22,23,24);4H,1-2H2,(H,5,6)(H2,7,8,9). The van der Waals surface area contributed by atoms with Crippen molar-refractivity contribution in [1.29, 1.82) is 0 Å². The van der Waals surface area contributed by atoms with Crippen molar-refractivity contribution in [3.63, 3.8) is 0 Å². The van der Waals surface area contributed by atoms with Crippen LogP contribution in [0.2, 0.25) is 0 Å². The van der Waals surface area contributed by atoms with Crippen molar-refractivity contribution in [2.75, 3.05) is 25.3 Å². The summed E-state index contributed by atoms with van der Waals surface area (Å²) >= 11 is 0. The Bertz CT molecular complexity index is 1270. The first kappa shape index (κ1) is 32.6. The summed E-state index contributed by atoms with van der Waals surface area (Å²) in [5.74, 6) is -1.20. The molecule has 0 atom stereocenters. The molecular weight excluding hydrogens is 564 g/mol. The van der Waals surface area contributed by atoms with Crippen LogP contribution in [0.3, 0.4) is 0 Å². The van der Waals surface area contributed by atoms with Crippen LogP contribution in [-0.4, -0.2) is 76.4 Å². The normalized spacial score (nSPS) is 11.7. The maximum absolute atomic E-state index is 12.5. The number of amides is 2. The monoisotopic (exact) mass is 588 g/mol. The summed E-state index contributed by atoms with van der Waals surface area (Å²) in [6.45, 7) is 1.06. The Balaban J connectivity index is 0.000000612. The highest BCUT2D eigenvalue weighted by atomic mass is 32.2. The Morgan fingerprint density at radius 3 is 2.32 bits per heavy atom. The summed E-state index contributed by atoms with van der Waals surface area (Å²) in [5.41, 5.74) is -0.0715. The number of rotatable bonds is 10. The number of nitrogens with zero attached hydrogens (tertiary/aromatic N) is 3. The molecule has 0 aliphatic heterocycles. The first-order valence-electron chi connectivity index (χ1n) is 10.1. The molecule has 0 saturated carbocycles. The maximum Gasteiger partial charge on any atom is 0.389 e. The van der Waals surface area contributed by atoms with Crippen LogP contribution in [-0.2, 0) is 25.8 Å². The summed E-state index contributed by atoms with van der Waals surface area (Å²) in [6, 6.07) is 3.81. The Kier molecular flexibility index (Phi) is 12.0. The number of benzene rings is 1. The third-order valence-corrected chi connectivity index (χ3v) is 5.96. The van der Waals surface area contributed by atoms with Crippen molar-refractivity contribution in [3.8, 4) is 6.01 Å². The molecule has 0 aliphatic rings. The number of hydrogen-bond donors (Lipinski definition) is 6. The van der Waals surface area contributed by atoms with Gasteiger partial charge in [-0.05, 0) is 25.0 Å². The highest BCUT2D eigenvalue weighted by Gasteiger charge is 2.29. The van der Waals surface area contributed by atoms with Gasteiger partial charge in [0, 0.05) is 6.42 Å². The molecule has 212 valence electrons. The van der Waals surface area contributed by atoms with Crippen LogP contribution < -0.4 is 20.1 Å². The lowest BCUT2D eigenvalue weighted by Crippen LogP contribution is -2.35. The highest BCUT2D eigenvalue weighted by molar-refractivity contribution is 7.90. The SMILES string of the molecule is COc1nc(C)nc(NC(=O)NS(=O)(=O)c2ccccc2CCC(F)(F)F)n1.O=C(O)CNCP(=O)(O)O. The van der Waals surface area contributed by atoms with E-state index in [4.69, 9.17) is 19.6 Å². The van der Waals surface area contributed by atoms with Gasteiger partial charge in [-0.1, -0.05) is 18.2 Å². The predicted octanol–water partition coefficient (Wildman–Crippen LogP) is 0.990. The zero-order valence-electron chi connectivity index (χ0n) is 19.8. The zero-order valence-corrected chi connectivity index (χ0v) is 21.5. The van der Waals surface area contributed by atoms with Gasteiger partial charge >= 0.3 is 31.8 Å². The topological polar surface area (TPSA) is 230 Å². The lowest BCUT2D eigenvalue weighted by atomic mass is 10.1. The number of anilines is 1. The number of aryl methyl sites for hydroxylation is 2. The number of carboxylic acid groups (broad SMARTS) is 1. The number of carboxylic acids is 1. The van der Waals surface area contributed by atoms with E-state index in [9.17, 15) is 35.7 Å². The van der Waals surface area contributed by atoms with Gasteiger partial charge in [0.2, 0.25) is 5.95 Å². The van der Waals surface area contributed by atoms with E-state index in [-0.39, 0.29) is 23.3 Å². The zero-order chi connectivity index (χ0) is 29.1. The third kappa shape index (κ3) is 13.2. The molecule has 0 unspecified atom stereocenters. The molecule has 6 N–H and O–H groups in total. The van der Waals surface area contributed by atoms with Gasteiger partial charge < -0.3 is 19.6 Å². The number of aliphatic carboxylic acids is 1. The molecule has 1 heterocycles. The van der Waals surface area contributed by atoms with E-state index >= 15 is 0 Å². The molecule has 20 heteroatoms. The third-order valence-electron chi connectivity index (χ3n) is 3.90. The minimum Gasteiger partial charge on any atom is -0.480 e. The molecular formula is C18H24F3N6O9PS. The number of methoxy groups -OCH3 is 1. The molecule has 15 nitrogen and oxygen atoms in total. The van der Waals surface area contributed by atoms with Crippen LogP contribution >= 0.6 is 7.60 Å². The number of carbonyl (C=O) groups is 2. The van der Waals surface area contributed by atoms with Gasteiger partial charge in [-0.15, -0.1) is 0 Å². The molecule has 2 rings (SSSR count). The van der Waals surface area contributed by atoms with Gasteiger partial charge in [-0.25, -0.2) is 17.9 Å². The molecule has 0 fully saturated rings. The number of carbonyl (C=O) groups excluding carboxylic acids is 1. The molecule has 1 aromatic carbocycles. The predicted molar refractivity (Wildman–Crippen MR) is 124 cm³/mol. The highest BCUT2D eigenvalue weighted by Crippen LogP contribution is 2.31. The maximum atomic E-state index is 12.5. The minimum atomic E-state index is -4.45. The van der Waals surface area contributed by atoms with Crippen molar-refractivity contribution >= 4 is 35.6 Å². The van der Waals surface area contributed by atoms with E-state index in [2.05, 4.69) is 25.6 Å². The average Bonchev–Trinajstić information content (AvgIpc) is 2.75. The molecule has 0 radical (unpaired) electrons. The Morgan fingerprint density at radius 1 is 1.13 bits per heavy atom. The van der Waals surface area contributed by atoms with E-state index < -0.39 is 66.4 Å². The van der Waals surface area contributed by atoms with Crippen molar-refractivity contribution in [2.45, 2.75) is 30.8 Å². The quantitative estimate of drug-likeness (QED) is 0.213. The Labute approximate surface area is 214 Å². The van der Waals surface area contributed by atoms with E-state index in [0.717, 1.165) is 6.07 Å². The van der Waals surface area contributed by atoms with Gasteiger partial charge in [0.05, 0.1) is 24.8 Å². The molecule has 0 spiro atoms. The van der Waals surface area contributed by atoms with Crippen LogP contribution in [0.15, 0.2) is 29.2 Å². The smallest absolute Gasteiger partial charge is 0.389 e. The van der Waals surface area contributed by atoms with Crippen molar-refractivity contribution in [3.05, 3.63) is 35.7 Å². The van der Waals surface area contributed by atoms with Gasteiger partial charge in [-0.3, -0.25) is 20.0 Å². The fraction of sp³-hybridized carbons (Fsp3) is 0.389. The summed E-state index contributed by atoms with van der Waals surface area (Å²) in [5, 5.41) is 12.2. The minimum absolute atomic E-state index is 0.0715. The summed E-state index contributed by atoms with van der Waals surface area (Å²) in [4.78, 5) is 49.1. The second kappa shape index (κ2) is 14.0. The largest absolute Gasteiger partial charge is 0.480 e. The number of nitrogens with one attached hydrogen (secondary N) is 3. The number of urea groups is 1. The van der Waals surface area contributed by atoms with E-state index in [1.165, 1.54) is 32.2 Å². The van der Waals surface area contributed by atoms with Crippen LogP contribution in [0.5, 0.6) is 6.01 Å². The number of halogens is 3. The second-order valence-corrected chi connectivity index (χ2v) is 10.4. The number of alkyl halides is 3. The van der Waals surface area contributed by atoms with Gasteiger partial charge in [0.1, 0.15) is 5.82 Å². The first-order chi connectivity index (χ1) is 17.4. The van der Waals surface area contributed by atoms with Crippen LogP contribution in [0.4, 0.5) is 23.9 Å². The summed E-state index contributed by atoms with van der Waals surface area (Å²) in [6.07, 6.45) is -6.79. The van der Waals surface area contributed by atoms with Crippen molar-refractivity contribution in [1.82, 2.24) is 25.0 Å². The molecule has 0 bridgehead atoms. The van der Waals surface area contributed by atoms with E-state index in [1.807, 2.05) is 0 Å². The van der Waals surface area contributed by atoms with Gasteiger partial charge in [0.25, 0.3) is 10.0 Å². The van der Waals surface area contributed by atoms with Crippen molar-refractivity contribution in [2.24, 2.45) is 0 Å². The molecule has 2 aromatic rings. The summed E-state index contributed by atoms with van der Waals surface area (Å²) in [7, 11) is -7.24. The fourth-order valence-electron chi connectivity index (χ4n) is 2.47. The lowest BCUT2D eigenvalue weighted by molar-refractivity contribution is -0.136. The molecule has 0 aliphatic carbocycles. The van der Waals surface area contributed by atoms with Gasteiger partial charge in [0.15, 0.2) is 0 Å². The van der Waals surface area contributed by atoms with E-state index in [1.54, 1.807) is 4.72 Å². The number of aromatic nitrogens is 3. The second-order valence-electron chi connectivity index (χ2n) is 7.12. The van der Waals surface area contributed by atoms with Crippen LogP contribution in [0, 0.1) is 6.92 Å². The van der Waals surface area contributed by atoms with Crippen LogP contribution in [0.1, 0.15) is 17.8 Å². The number of ether oxygens (including phenoxy) is 1. The first-order valence-corrected chi connectivity index (χ1v) is 13.4. The number of sulfonamides is 1. The molecule has 0 saturated heterocycles.